The number of piperidine rings is 1. The lowest BCUT2D eigenvalue weighted by Gasteiger charge is -2.28. The lowest BCUT2D eigenvalue weighted by Crippen LogP contribution is -2.34. The van der Waals surface area contributed by atoms with Crippen molar-refractivity contribution in [3.05, 3.63) is 36.4 Å². The summed E-state index contributed by atoms with van der Waals surface area (Å²) < 4.78 is 5.48. The highest BCUT2D eigenvalue weighted by Gasteiger charge is 2.55. The molecular formula is C23H29N5O2. The van der Waals surface area contributed by atoms with Crippen LogP contribution in [0.15, 0.2) is 36.4 Å². The van der Waals surface area contributed by atoms with E-state index in [2.05, 4.69) is 25.7 Å². The second-order valence-electron chi connectivity index (χ2n) is 8.83. The molecule has 158 valence electrons. The number of carbonyl (C=O) groups excluding carboxylic acids is 1. The van der Waals surface area contributed by atoms with Gasteiger partial charge in [-0.1, -0.05) is 12.1 Å². The van der Waals surface area contributed by atoms with E-state index in [1.165, 1.54) is 39.4 Å². The van der Waals surface area contributed by atoms with Crippen LogP contribution in [0.2, 0.25) is 0 Å². The zero-order valence-corrected chi connectivity index (χ0v) is 17.4. The molecule has 2 aromatic rings. The number of hydrogen-bond acceptors (Lipinski definition) is 6. The van der Waals surface area contributed by atoms with Crippen LogP contribution in [0, 0.1) is 17.8 Å². The number of anilines is 2. The van der Waals surface area contributed by atoms with Gasteiger partial charge in [0.15, 0.2) is 0 Å². The summed E-state index contributed by atoms with van der Waals surface area (Å²) in [6, 6.07) is 12.2. The van der Waals surface area contributed by atoms with Crippen LogP contribution < -0.4 is 10.6 Å². The van der Waals surface area contributed by atoms with Gasteiger partial charge in [-0.3, -0.25) is 4.79 Å². The summed E-state index contributed by atoms with van der Waals surface area (Å²) in [4.78, 5) is 13.8. The average molecular weight is 408 g/mol. The van der Waals surface area contributed by atoms with E-state index in [1.54, 1.807) is 0 Å². The van der Waals surface area contributed by atoms with Crippen molar-refractivity contribution < 1.29 is 9.53 Å². The van der Waals surface area contributed by atoms with Crippen LogP contribution in [-0.2, 0) is 9.53 Å². The molecule has 0 radical (unpaired) electrons. The van der Waals surface area contributed by atoms with E-state index >= 15 is 0 Å². The van der Waals surface area contributed by atoms with Crippen molar-refractivity contribution in [1.82, 2.24) is 15.1 Å². The molecule has 0 bridgehead atoms. The van der Waals surface area contributed by atoms with Crippen molar-refractivity contribution in [3.63, 3.8) is 0 Å². The summed E-state index contributed by atoms with van der Waals surface area (Å²) in [6.45, 7) is 7.01. The third-order valence-electron chi connectivity index (χ3n) is 6.61. The maximum atomic E-state index is 11.1. The normalized spacial score (nSPS) is 26.2. The number of benzene rings is 1. The molecular weight excluding hydrogens is 378 g/mol. The zero-order valence-electron chi connectivity index (χ0n) is 17.4. The average Bonchev–Trinajstić information content (AvgIpc) is 3.19. The number of nitrogens with one attached hydrogen (secondary N) is 2. The minimum absolute atomic E-state index is 0.0745. The molecule has 2 unspecified atom stereocenters. The molecule has 7 heteroatoms. The first-order chi connectivity index (χ1) is 14.7. The Balaban J connectivity index is 1.11. The van der Waals surface area contributed by atoms with Gasteiger partial charge in [-0.25, -0.2) is 0 Å². The van der Waals surface area contributed by atoms with Crippen molar-refractivity contribution in [2.24, 2.45) is 17.8 Å². The van der Waals surface area contributed by atoms with Crippen molar-refractivity contribution in [2.45, 2.75) is 25.8 Å². The predicted octanol–water partition coefficient (Wildman–Crippen LogP) is 2.87. The van der Waals surface area contributed by atoms with Crippen molar-refractivity contribution in [1.29, 1.82) is 0 Å². The second-order valence-corrected chi connectivity index (χ2v) is 8.83. The number of nitrogens with zero attached hydrogens (tertiary/aromatic N) is 3. The minimum Gasteiger partial charge on any atom is -0.381 e. The van der Waals surface area contributed by atoms with Gasteiger partial charge in [0.1, 0.15) is 5.82 Å². The summed E-state index contributed by atoms with van der Waals surface area (Å²) >= 11 is 0. The van der Waals surface area contributed by atoms with E-state index in [9.17, 15) is 4.79 Å². The fourth-order valence-corrected chi connectivity index (χ4v) is 4.93. The van der Waals surface area contributed by atoms with Gasteiger partial charge in [-0.15, -0.1) is 10.2 Å². The number of rotatable bonds is 6. The Labute approximate surface area is 177 Å². The van der Waals surface area contributed by atoms with E-state index in [4.69, 9.17) is 4.74 Å². The van der Waals surface area contributed by atoms with E-state index in [1.807, 2.05) is 36.4 Å². The molecule has 1 aromatic heterocycles. The summed E-state index contributed by atoms with van der Waals surface area (Å²) in [5, 5.41) is 15.1. The van der Waals surface area contributed by atoms with Crippen molar-refractivity contribution in [2.75, 3.05) is 43.5 Å². The first kappa shape index (κ1) is 19.5. The number of likely N-dealkylation sites (tertiary alicyclic amines) is 1. The lowest BCUT2D eigenvalue weighted by molar-refractivity contribution is -0.114. The summed E-state index contributed by atoms with van der Waals surface area (Å²) in [6.07, 6.45) is 2.43. The van der Waals surface area contributed by atoms with Crippen molar-refractivity contribution in [3.8, 4) is 11.3 Å². The van der Waals surface area contributed by atoms with Gasteiger partial charge in [0.2, 0.25) is 5.91 Å². The molecule has 7 nitrogen and oxygen atoms in total. The summed E-state index contributed by atoms with van der Waals surface area (Å²) in [7, 11) is 0. The first-order valence-electron chi connectivity index (χ1n) is 10.9. The standard InChI is InChI=1S/C23H29N5O2/c1-15(29)24-18-4-2-17(3-5-18)21-6-7-22(27-26-21)25-23-19-13-28(14-20(19)23)12-16-8-10-30-11-9-16/h2-7,16,19-20,23H,8-14H2,1H3,(H,24,29)(H,25,27). The SMILES string of the molecule is CC(=O)Nc1ccc(-c2ccc(NC3C4CN(CC5CCOCC5)CC43)nn2)cc1. The van der Waals surface area contributed by atoms with Crippen LogP contribution in [0.25, 0.3) is 11.3 Å². The van der Waals surface area contributed by atoms with E-state index in [-0.39, 0.29) is 5.91 Å². The van der Waals surface area contributed by atoms with Crippen LogP contribution >= 0.6 is 0 Å². The van der Waals surface area contributed by atoms with Crippen LogP contribution in [0.1, 0.15) is 19.8 Å². The van der Waals surface area contributed by atoms with Crippen molar-refractivity contribution >= 4 is 17.4 Å². The number of hydrogen-bond donors (Lipinski definition) is 2. The van der Waals surface area contributed by atoms with E-state index < -0.39 is 0 Å². The maximum Gasteiger partial charge on any atom is 0.221 e. The summed E-state index contributed by atoms with van der Waals surface area (Å²) in [5.41, 5.74) is 2.59. The number of ether oxygens (including phenoxy) is 1. The third kappa shape index (κ3) is 4.32. The van der Waals surface area contributed by atoms with E-state index in [0.29, 0.717) is 6.04 Å². The van der Waals surface area contributed by atoms with E-state index in [0.717, 1.165) is 53.7 Å². The molecule has 2 saturated heterocycles. The molecule has 0 spiro atoms. The minimum atomic E-state index is -0.0745. The molecule has 30 heavy (non-hydrogen) atoms. The molecule has 5 rings (SSSR count). The second kappa shape index (κ2) is 8.32. The highest BCUT2D eigenvalue weighted by Crippen LogP contribution is 2.47. The highest BCUT2D eigenvalue weighted by atomic mass is 16.5. The van der Waals surface area contributed by atoms with Gasteiger partial charge >= 0.3 is 0 Å². The Morgan fingerprint density at radius 1 is 1.07 bits per heavy atom. The quantitative estimate of drug-likeness (QED) is 0.767. The molecule has 1 amide bonds. The molecule has 1 aliphatic carbocycles. The molecule has 2 aliphatic heterocycles. The monoisotopic (exact) mass is 407 g/mol. The fourth-order valence-electron chi connectivity index (χ4n) is 4.93. The third-order valence-corrected chi connectivity index (χ3v) is 6.61. The van der Waals surface area contributed by atoms with Gasteiger partial charge in [0.25, 0.3) is 0 Å². The fraction of sp³-hybridized carbons (Fsp3) is 0.522. The van der Waals surface area contributed by atoms with Crippen LogP contribution in [0.3, 0.4) is 0 Å². The molecule has 3 aliphatic rings. The molecule has 2 atom stereocenters. The molecule has 3 fully saturated rings. The number of aromatic nitrogens is 2. The number of fused-ring (bicyclic) bond motifs is 1. The smallest absolute Gasteiger partial charge is 0.221 e. The van der Waals surface area contributed by atoms with Crippen LogP contribution in [0.4, 0.5) is 11.5 Å². The Kier molecular flexibility index (Phi) is 5.39. The molecule has 3 heterocycles. The highest BCUT2D eigenvalue weighted by molar-refractivity contribution is 5.88. The predicted molar refractivity (Wildman–Crippen MR) is 116 cm³/mol. The molecule has 1 aromatic carbocycles. The van der Waals surface area contributed by atoms with Crippen LogP contribution in [0.5, 0.6) is 0 Å². The molecule has 2 N–H and O–H groups in total. The number of carbonyl (C=O) groups is 1. The van der Waals surface area contributed by atoms with Gasteiger partial charge < -0.3 is 20.3 Å². The lowest BCUT2D eigenvalue weighted by atomic mass is 10.00. The number of amides is 1. The maximum absolute atomic E-state index is 11.1. The largest absolute Gasteiger partial charge is 0.381 e. The van der Waals surface area contributed by atoms with Gasteiger partial charge in [0, 0.05) is 57.1 Å². The first-order valence-corrected chi connectivity index (χ1v) is 10.9. The zero-order chi connectivity index (χ0) is 20.5. The Hall–Kier alpha value is -2.51. The summed E-state index contributed by atoms with van der Waals surface area (Å²) in [5.74, 6) is 3.08. The van der Waals surface area contributed by atoms with Gasteiger partial charge in [0.05, 0.1) is 5.69 Å². The Morgan fingerprint density at radius 2 is 1.80 bits per heavy atom. The topological polar surface area (TPSA) is 79.4 Å². The van der Waals surface area contributed by atoms with Gasteiger partial charge in [-0.2, -0.15) is 0 Å². The Morgan fingerprint density at radius 3 is 2.43 bits per heavy atom. The molecule has 1 saturated carbocycles. The Bertz CT molecular complexity index is 867. The van der Waals surface area contributed by atoms with Crippen LogP contribution in [-0.4, -0.2) is 59.9 Å². The van der Waals surface area contributed by atoms with Gasteiger partial charge in [-0.05, 0) is 54.9 Å².